The van der Waals surface area contributed by atoms with Gasteiger partial charge in [0.15, 0.2) is 0 Å². The molecule has 0 atom stereocenters. The van der Waals surface area contributed by atoms with Crippen LogP contribution in [0.3, 0.4) is 0 Å². The standard InChI is InChI=1S/C9H9NO/c11-7-10-5-8-3-1-2-4-9(8)6-10/h1-6,11H,7H2. The van der Waals surface area contributed by atoms with Crippen LogP contribution < -0.4 is 0 Å². The van der Waals surface area contributed by atoms with Gasteiger partial charge in [0, 0.05) is 12.4 Å². The third-order valence-corrected chi connectivity index (χ3v) is 1.77. The van der Waals surface area contributed by atoms with E-state index in [1.54, 1.807) is 4.57 Å². The Balaban J connectivity index is 2.69. The molecule has 0 fully saturated rings. The van der Waals surface area contributed by atoms with Crippen LogP contribution in [0.2, 0.25) is 0 Å². The monoisotopic (exact) mass is 147 g/mol. The van der Waals surface area contributed by atoms with Crippen molar-refractivity contribution < 1.29 is 5.11 Å². The summed E-state index contributed by atoms with van der Waals surface area (Å²) in [7, 11) is 0. The molecule has 0 unspecified atom stereocenters. The van der Waals surface area contributed by atoms with Crippen molar-refractivity contribution >= 4 is 10.8 Å². The lowest BCUT2D eigenvalue weighted by atomic mass is 10.2. The van der Waals surface area contributed by atoms with Crippen molar-refractivity contribution in [3.8, 4) is 0 Å². The molecule has 2 nitrogen and oxygen atoms in total. The molecular weight excluding hydrogens is 138 g/mol. The predicted octanol–water partition coefficient (Wildman–Crippen LogP) is 1.59. The van der Waals surface area contributed by atoms with Crippen molar-refractivity contribution in [3.05, 3.63) is 36.7 Å². The van der Waals surface area contributed by atoms with Crippen LogP contribution in [0.25, 0.3) is 10.8 Å². The zero-order valence-corrected chi connectivity index (χ0v) is 6.07. The van der Waals surface area contributed by atoms with Crippen LogP contribution in [-0.2, 0) is 6.73 Å². The molecule has 0 saturated heterocycles. The Kier molecular flexibility index (Phi) is 1.40. The molecule has 0 aliphatic heterocycles. The topological polar surface area (TPSA) is 25.2 Å². The number of nitrogens with zero attached hydrogens (tertiary/aromatic N) is 1. The van der Waals surface area contributed by atoms with E-state index in [1.165, 1.54) is 10.8 Å². The summed E-state index contributed by atoms with van der Waals surface area (Å²) >= 11 is 0. The number of benzene rings is 1. The molecule has 1 aromatic heterocycles. The van der Waals surface area contributed by atoms with Gasteiger partial charge in [-0.3, -0.25) is 0 Å². The first-order valence-corrected chi connectivity index (χ1v) is 3.55. The minimum absolute atomic E-state index is 0.0503. The summed E-state index contributed by atoms with van der Waals surface area (Å²) in [6.45, 7) is 0.0503. The highest BCUT2D eigenvalue weighted by Crippen LogP contribution is 2.13. The minimum atomic E-state index is 0.0503. The summed E-state index contributed by atoms with van der Waals surface area (Å²) < 4.78 is 1.75. The summed E-state index contributed by atoms with van der Waals surface area (Å²) in [5.41, 5.74) is 0. The molecule has 0 saturated carbocycles. The third kappa shape index (κ3) is 1.01. The highest BCUT2D eigenvalue weighted by molar-refractivity contribution is 5.81. The second-order valence-electron chi connectivity index (χ2n) is 2.54. The van der Waals surface area contributed by atoms with Gasteiger partial charge in [-0.25, -0.2) is 0 Å². The zero-order valence-electron chi connectivity index (χ0n) is 6.07. The number of aliphatic hydroxyl groups excluding tert-OH is 1. The smallest absolute Gasteiger partial charge is 0.119 e. The molecule has 1 aromatic carbocycles. The van der Waals surface area contributed by atoms with Gasteiger partial charge in [-0.1, -0.05) is 24.3 Å². The Labute approximate surface area is 64.7 Å². The quantitative estimate of drug-likeness (QED) is 0.651. The van der Waals surface area contributed by atoms with E-state index < -0.39 is 0 Å². The Morgan fingerprint density at radius 3 is 2.09 bits per heavy atom. The maximum atomic E-state index is 8.80. The van der Waals surface area contributed by atoms with Crippen LogP contribution in [0.15, 0.2) is 36.7 Å². The van der Waals surface area contributed by atoms with E-state index in [-0.39, 0.29) is 6.73 Å². The number of aromatic nitrogens is 1. The molecule has 2 heteroatoms. The molecule has 1 N–H and O–H groups in total. The van der Waals surface area contributed by atoms with E-state index in [0.29, 0.717) is 0 Å². The van der Waals surface area contributed by atoms with Gasteiger partial charge in [0.05, 0.1) is 0 Å². The van der Waals surface area contributed by atoms with Crippen LogP contribution in [0.1, 0.15) is 0 Å². The van der Waals surface area contributed by atoms with Crippen LogP contribution >= 0.6 is 0 Å². The molecule has 0 bridgehead atoms. The summed E-state index contributed by atoms with van der Waals surface area (Å²) in [5, 5.41) is 11.1. The van der Waals surface area contributed by atoms with E-state index in [9.17, 15) is 0 Å². The van der Waals surface area contributed by atoms with Gasteiger partial charge in [0.1, 0.15) is 6.73 Å². The molecule has 0 aliphatic carbocycles. The molecule has 0 spiro atoms. The largest absolute Gasteiger partial charge is 0.376 e. The van der Waals surface area contributed by atoms with E-state index in [2.05, 4.69) is 0 Å². The van der Waals surface area contributed by atoms with Gasteiger partial charge in [0.2, 0.25) is 0 Å². The van der Waals surface area contributed by atoms with Gasteiger partial charge in [-0.05, 0) is 10.8 Å². The molecule has 2 aromatic rings. The fourth-order valence-corrected chi connectivity index (χ4v) is 1.22. The first-order valence-electron chi connectivity index (χ1n) is 3.55. The molecule has 11 heavy (non-hydrogen) atoms. The van der Waals surface area contributed by atoms with E-state index in [4.69, 9.17) is 5.11 Å². The van der Waals surface area contributed by atoms with Crippen molar-refractivity contribution in [2.75, 3.05) is 0 Å². The van der Waals surface area contributed by atoms with E-state index in [0.717, 1.165) is 0 Å². The summed E-state index contributed by atoms with van der Waals surface area (Å²) in [4.78, 5) is 0. The zero-order chi connectivity index (χ0) is 7.68. The van der Waals surface area contributed by atoms with Crippen molar-refractivity contribution in [1.29, 1.82) is 0 Å². The number of hydrogen-bond donors (Lipinski definition) is 1. The average molecular weight is 147 g/mol. The molecular formula is C9H9NO. The lowest BCUT2D eigenvalue weighted by molar-refractivity contribution is 0.211. The number of fused-ring (bicyclic) bond motifs is 1. The summed E-state index contributed by atoms with van der Waals surface area (Å²) in [6.07, 6.45) is 3.85. The van der Waals surface area contributed by atoms with Crippen molar-refractivity contribution in [2.45, 2.75) is 6.73 Å². The molecule has 2 rings (SSSR count). The molecule has 1 heterocycles. The first kappa shape index (κ1) is 6.43. The number of hydrogen-bond acceptors (Lipinski definition) is 1. The Bertz CT molecular complexity index is 331. The fourth-order valence-electron chi connectivity index (χ4n) is 1.22. The van der Waals surface area contributed by atoms with Crippen LogP contribution in [0.5, 0.6) is 0 Å². The Morgan fingerprint density at radius 1 is 1.09 bits per heavy atom. The second kappa shape index (κ2) is 2.40. The van der Waals surface area contributed by atoms with Gasteiger partial charge in [-0.15, -0.1) is 0 Å². The molecule has 0 radical (unpaired) electrons. The van der Waals surface area contributed by atoms with Gasteiger partial charge >= 0.3 is 0 Å². The Morgan fingerprint density at radius 2 is 1.64 bits per heavy atom. The van der Waals surface area contributed by atoms with Gasteiger partial charge in [0.25, 0.3) is 0 Å². The maximum Gasteiger partial charge on any atom is 0.119 e. The molecule has 0 amide bonds. The lowest BCUT2D eigenvalue weighted by Crippen LogP contribution is -1.89. The van der Waals surface area contributed by atoms with Crippen LogP contribution in [0, 0.1) is 0 Å². The molecule has 0 aliphatic rings. The van der Waals surface area contributed by atoms with Crippen molar-refractivity contribution in [3.63, 3.8) is 0 Å². The first-order chi connectivity index (χ1) is 5.40. The van der Waals surface area contributed by atoms with Crippen LogP contribution in [-0.4, -0.2) is 9.67 Å². The number of aliphatic hydroxyl groups is 1. The van der Waals surface area contributed by atoms with Crippen LogP contribution in [0.4, 0.5) is 0 Å². The lowest BCUT2D eigenvalue weighted by Gasteiger charge is -1.89. The minimum Gasteiger partial charge on any atom is -0.376 e. The third-order valence-electron chi connectivity index (χ3n) is 1.77. The highest BCUT2D eigenvalue weighted by Gasteiger charge is 1.93. The van der Waals surface area contributed by atoms with Gasteiger partial charge in [-0.2, -0.15) is 0 Å². The Hall–Kier alpha value is -1.28. The van der Waals surface area contributed by atoms with E-state index >= 15 is 0 Å². The SMILES string of the molecule is OCn1cc2ccccc2c1. The fraction of sp³-hybridized carbons (Fsp3) is 0.111. The molecule has 56 valence electrons. The van der Waals surface area contributed by atoms with Crippen molar-refractivity contribution in [1.82, 2.24) is 4.57 Å². The van der Waals surface area contributed by atoms with E-state index in [1.807, 2.05) is 36.7 Å². The average Bonchev–Trinajstić information content (AvgIpc) is 2.46. The predicted molar refractivity (Wildman–Crippen MR) is 44.2 cm³/mol. The van der Waals surface area contributed by atoms with Gasteiger partial charge < -0.3 is 9.67 Å². The summed E-state index contributed by atoms with van der Waals surface area (Å²) in [6, 6.07) is 8.04. The highest BCUT2D eigenvalue weighted by atomic mass is 16.3. The normalized spacial score (nSPS) is 10.6. The van der Waals surface area contributed by atoms with Crippen molar-refractivity contribution in [2.24, 2.45) is 0 Å². The maximum absolute atomic E-state index is 8.80. The summed E-state index contributed by atoms with van der Waals surface area (Å²) in [5.74, 6) is 0. The number of rotatable bonds is 1. The second-order valence-corrected chi connectivity index (χ2v) is 2.54.